The van der Waals surface area contributed by atoms with E-state index >= 15 is 0 Å². The minimum absolute atomic E-state index is 0.0580. The molecule has 0 unspecified atom stereocenters. The van der Waals surface area contributed by atoms with Crippen LogP contribution in [0.25, 0.3) is 0 Å². The van der Waals surface area contributed by atoms with Gasteiger partial charge in [0.05, 0.1) is 19.0 Å². The second kappa shape index (κ2) is 7.48. The van der Waals surface area contributed by atoms with Crippen LogP contribution in [0.4, 0.5) is 0 Å². The quantitative estimate of drug-likeness (QED) is 0.747. The minimum atomic E-state index is -3.42. The number of methoxy groups -OCH3 is 1. The first-order valence-electron chi connectivity index (χ1n) is 5.71. The first kappa shape index (κ1) is 15.1. The number of hydrogen-bond acceptors (Lipinski definition) is 4. The van der Waals surface area contributed by atoms with Crippen molar-refractivity contribution in [2.45, 2.75) is 5.75 Å². The summed E-state index contributed by atoms with van der Waals surface area (Å²) in [5.74, 6) is -0.0580. The molecule has 0 fully saturated rings. The topological polar surface area (TPSA) is 66.8 Å². The van der Waals surface area contributed by atoms with Crippen molar-refractivity contribution in [3.05, 3.63) is 35.9 Å². The average Bonchev–Trinajstić information content (AvgIpc) is 2.35. The van der Waals surface area contributed by atoms with Crippen molar-refractivity contribution in [3.63, 3.8) is 0 Å². The summed E-state index contributed by atoms with van der Waals surface area (Å²) >= 11 is 0. The lowest BCUT2D eigenvalue weighted by Crippen LogP contribution is -2.36. The van der Waals surface area contributed by atoms with Crippen molar-refractivity contribution < 1.29 is 18.3 Å². The average molecular weight is 273 g/mol. The Hall–Kier alpha value is -0.950. The molecular formula is C12H19NO4S. The Morgan fingerprint density at radius 2 is 1.89 bits per heavy atom. The summed E-state index contributed by atoms with van der Waals surface area (Å²) < 4.78 is 30.4. The molecule has 0 aromatic heterocycles. The SMILES string of the molecule is COCCN(CCO)S(=O)(=O)Cc1ccccc1. The summed E-state index contributed by atoms with van der Waals surface area (Å²) in [7, 11) is -1.90. The van der Waals surface area contributed by atoms with E-state index in [1.54, 1.807) is 24.3 Å². The summed E-state index contributed by atoms with van der Waals surface area (Å²) in [5, 5.41) is 8.92. The maximum atomic E-state index is 12.2. The van der Waals surface area contributed by atoms with Crippen LogP contribution >= 0.6 is 0 Å². The molecular weight excluding hydrogens is 254 g/mol. The van der Waals surface area contributed by atoms with Gasteiger partial charge in [0.2, 0.25) is 10.0 Å². The van der Waals surface area contributed by atoms with E-state index < -0.39 is 10.0 Å². The van der Waals surface area contributed by atoms with Gasteiger partial charge in [0.25, 0.3) is 0 Å². The van der Waals surface area contributed by atoms with Crippen LogP contribution in [0.3, 0.4) is 0 Å². The lowest BCUT2D eigenvalue weighted by atomic mass is 10.2. The Labute approximate surface area is 108 Å². The number of aliphatic hydroxyl groups excluding tert-OH is 1. The predicted octanol–water partition coefficient (Wildman–Crippen LogP) is 0.457. The van der Waals surface area contributed by atoms with Gasteiger partial charge in [-0.3, -0.25) is 0 Å². The van der Waals surface area contributed by atoms with Crippen LogP contribution in [-0.4, -0.2) is 51.2 Å². The summed E-state index contributed by atoms with van der Waals surface area (Å²) in [6.07, 6.45) is 0. The highest BCUT2D eigenvalue weighted by atomic mass is 32.2. The van der Waals surface area contributed by atoms with E-state index in [4.69, 9.17) is 9.84 Å². The van der Waals surface area contributed by atoms with Crippen LogP contribution in [0, 0.1) is 0 Å². The zero-order chi connectivity index (χ0) is 13.4. The normalized spacial score (nSPS) is 11.9. The number of benzene rings is 1. The summed E-state index contributed by atoms with van der Waals surface area (Å²) in [6.45, 7) is 0.469. The largest absolute Gasteiger partial charge is 0.395 e. The molecule has 6 heteroatoms. The number of aliphatic hydroxyl groups is 1. The number of hydrogen-bond donors (Lipinski definition) is 1. The van der Waals surface area contributed by atoms with Gasteiger partial charge in [-0.25, -0.2) is 8.42 Å². The van der Waals surface area contributed by atoms with E-state index in [2.05, 4.69) is 0 Å². The van der Waals surface area contributed by atoms with Crippen LogP contribution in [-0.2, 0) is 20.5 Å². The molecule has 18 heavy (non-hydrogen) atoms. The van der Waals surface area contributed by atoms with E-state index in [9.17, 15) is 8.42 Å². The van der Waals surface area contributed by atoms with Gasteiger partial charge in [0.1, 0.15) is 0 Å². The maximum Gasteiger partial charge on any atom is 0.218 e. The van der Waals surface area contributed by atoms with Crippen molar-refractivity contribution in [2.75, 3.05) is 33.4 Å². The molecule has 1 N–H and O–H groups in total. The second-order valence-corrected chi connectivity index (χ2v) is 5.83. The number of sulfonamides is 1. The van der Waals surface area contributed by atoms with Crippen LogP contribution in [0.15, 0.2) is 30.3 Å². The third-order valence-electron chi connectivity index (χ3n) is 2.48. The fraction of sp³-hybridized carbons (Fsp3) is 0.500. The zero-order valence-corrected chi connectivity index (χ0v) is 11.3. The first-order chi connectivity index (χ1) is 8.60. The second-order valence-electron chi connectivity index (χ2n) is 3.86. The fourth-order valence-corrected chi connectivity index (χ4v) is 3.08. The van der Waals surface area contributed by atoms with Gasteiger partial charge in [-0.1, -0.05) is 30.3 Å². The van der Waals surface area contributed by atoms with Crippen LogP contribution in [0.2, 0.25) is 0 Å². The molecule has 0 saturated carbocycles. The lowest BCUT2D eigenvalue weighted by molar-refractivity contribution is 0.168. The highest BCUT2D eigenvalue weighted by Gasteiger charge is 2.21. The molecule has 0 amide bonds. The molecule has 0 aliphatic carbocycles. The third-order valence-corrected chi connectivity index (χ3v) is 4.33. The molecule has 1 aromatic rings. The Balaban J connectivity index is 2.75. The Kier molecular flexibility index (Phi) is 6.28. The fourth-order valence-electron chi connectivity index (χ4n) is 1.57. The van der Waals surface area contributed by atoms with E-state index in [1.807, 2.05) is 6.07 Å². The van der Waals surface area contributed by atoms with Crippen molar-refractivity contribution in [3.8, 4) is 0 Å². The Morgan fingerprint density at radius 3 is 2.44 bits per heavy atom. The third kappa shape index (κ3) is 4.73. The summed E-state index contributed by atoms with van der Waals surface area (Å²) in [4.78, 5) is 0. The molecule has 0 saturated heterocycles. The van der Waals surface area contributed by atoms with Gasteiger partial charge >= 0.3 is 0 Å². The van der Waals surface area contributed by atoms with Gasteiger partial charge < -0.3 is 9.84 Å². The highest BCUT2D eigenvalue weighted by molar-refractivity contribution is 7.88. The molecule has 0 spiro atoms. The van der Waals surface area contributed by atoms with Crippen molar-refractivity contribution in [1.82, 2.24) is 4.31 Å². The Morgan fingerprint density at radius 1 is 1.22 bits per heavy atom. The van der Waals surface area contributed by atoms with Gasteiger partial charge in [-0.2, -0.15) is 4.31 Å². The van der Waals surface area contributed by atoms with Gasteiger partial charge in [0.15, 0.2) is 0 Å². The van der Waals surface area contributed by atoms with E-state index in [0.29, 0.717) is 6.61 Å². The molecule has 0 radical (unpaired) electrons. The van der Waals surface area contributed by atoms with Crippen LogP contribution < -0.4 is 0 Å². The predicted molar refractivity (Wildman–Crippen MR) is 69.6 cm³/mol. The molecule has 0 bridgehead atoms. The van der Waals surface area contributed by atoms with Crippen molar-refractivity contribution in [2.24, 2.45) is 0 Å². The maximum absolute atomic E-state index is 12.2. The molecule has 0 atom stereocenters. The monoisotopic (exact) mass is 273 g/mol. The van der Waals surface area contributed by atoms with Gasteiger partial charge in [-0.15, -0.1) is 0 Å². The molecule has 1 rings (SSSR count). The van der Waals surface area contributed by atoms with Crippen molar-refractivity contribution in [1.29, 1.82) is 0 Å². The molecule has 1 aromatic carbocycles. The van der Waals surface area contributed by atoms with Crippen molar-refractivity contribution >= 4 is 10.0 Å². The van der Waals surface area contributed by atoms with Gasteiger partial charge in [-0.05, 0) is 5.56 Å². The zero-order valence-electron chi connectivity index (χ0n) is 10.4. The summed E-state index contributed by atoms with van der Waals surface area (Å²) in [6, 6.07) is 8.98. The highest BCUT2D eigenvalue weighted by Crippen LogP contribution is 2.10. The number of nitrogens with zero attached hydrogens (tertiary/aromatic N) is 1. The van der Waals surface area contributed by atoms with Gasteiger partial charge in [0, 0.05) is 20.2 Å². The molecule has 0 heterocycles. The number of ether oxygens (including phenoxy) is 1. The van der Waals surface area contributed by atoms with E-state index in [0.717, 1.165) is 5.56 Å². The molecule has 0 aliphatic heterocycles. The molecule has 5 nitrogen and oxygen atoms in total. The Bertz CT molecular complexity index is 433. The summed E-state index contributed by atoms with van der Waals surface area (Å²) in [5.41, 5.74) is 0.734. The molecule has 0 aliphatic rings. The first-order valence-corrected chi connectivity index (χ1v) is 7.32. The minimum Gasteiger partial charge on any atom is -0.395 e. The smallest absolute Gasteiger partial charge is 0.218 e. The lowest BCUT2D eigenvalue weighted by Gasteiger charge is -2.20. The van der Waals surface area contributed by atoms with Crippen LogP contribution in [0.1, 0.15) is 5.56 Å². The number of rotatable bonds is 8. The standard InChI is InChI=1S/C12H19NO4S/c1-17-10-8-13(7-9-14)18(15,16)11-12-5-3-2-4-6-12/h2-6,14H,7-11H2,1H3. The molecule has 102 valence electrons. The van der Waals surface area contributed by atoms with E-state index in [1.165, 1.54) is 11.4 Å². The van der Waals surface area contributed by atoms with E-state index in [-0.39, 0.29) is 25.4 Å². The van der Waals surface area contributed by atoms with Crippen LogP contribution in [0.5, 0.6) is 0 Å².